The van der Waals surface area contributed by atoms with Crippen LogP contribution < -0.4 is 16.0 Å². The van der Waals surface area contributed by atoms with E-state index in [4.69, 9.17) is 16.6 Å². The van der Waals surface area contributed by atoms with Crippen LogP contribution in [0.5, 0.6) is 0 Å². The molecule has 2 heterocycles. The molecule has 35 heavy (non-hydrogen) atoms. The number of thiazole rings is 1. The molecule has 4 rings (SSSR count). The number of amides is 2. The standard InChI is InChI=1S/C23H19N5O5S2/c1-2-5-20(29)26-23-25-15-9-8-13(12-19(15)35-23)24-22(34)27-21(30)18-11-10-17(33-18)14-6-3-4-7-16(14)28(31)32/h3-4,6-12H,2,5H2,1H3,(H,25,26,29)(H2,24,27,30,34). The molecule has 0 atom stereocenters. The third-order valence-electron chi connectivity index (χ3n) is 4.79. The summed E-state index contributed by atoms with van der Waals surface area (Å²) in [7, 11) is 0. The molecule has 0 aliphatic heterocycles. The highest BCUT2D eigenvalue weighted by Gasteiger charge is 2.20. The van der Waals surface area contributed by atoms with Gasteiger partial charge in [-0.1, -0.05) is 30.4 Å². The van der Waals surface area contributed by atoms with Crippen LogP contribution in [0.2, 0.25) is 0 Å². The molecule has 0 bridgehead atoms. The first-order chi connectivity index (χ1) is 16.8. The number of anilines is 2. The quantitative estimate of drug-likeness (QED) is 0.173. The number of aromatic nitrogens is 1. The molecule has 178 valence electrons. The van der Waals surface area contributed by atoms with E-state index in [1.165, 1.54) is 29.5 Å². The van der Waals surface area contributed by atoms with Crippen molar-refractivity contribution >= 4 is 67.2 Å². The summed E-state index contributed by atoms with van der Waals surface area (Å²) in [6.07, 6.45) is 1.18. The van der Waals surface area contributed by atoms with E-state index in [0.29, 0.717) is 17.2 Å². The molecule has 0 saturated carbocycles. The minimum Gasteiger partial charge on any atom is -0.451 e. The minimum atomic E-state index is -0.605. The molecule has 0 radical (unpaired) electrons. The summed E-state index contributed by atoms with van der Waals surface area (Å²) >= 11 is 6.57. The molecule has 0 spiro atoms. The van der Waals surface area contributed by atoms with Gasteiger partial charge in [-0.05, 0) is 55.0 Å². The fraction of sp³-hybridized carbons (Fsp3) is 0.130. The van der Waals surface area contributed by atoms with Gasteiger partial charge < -0.3 is 15.1 Å². The zero-order valence-corrected chi connectivity index (χ0v) is 20.0. The lowest BCUT2D eigenvalue weighted by Crippen LogP contribution is -2.33. The fourth-order valence-electron chi connectivity index (χ4n) is 3.24. The predicted octanol–water partition coefficient (Wildman–Crippen LogP) is 5.33. The average molecular weight is 510 g/mol. The van der Waals surface area contributed by atoms with Crippen LogP contribution in [0.25, 0.3) is 21.5 Å². The highest BCUT2D eigenvalue weighted by molar-refractivity contribution is 7.80. The number of carbonyl (C=O) groups excluding carboxylic acids is 2. The van der Waals surface area contributed by atoms with E-state index in [9.17, 15) is 19.7 Å². The van der Waals surface area contributed by atoms with Gasteiger partial charge >= 0.3 is 0 Å². The van der Waals surface area contributed by atoms with E-state index in [1.54, 1.807) is 36.4 Å². The number of nitrogens with zero attached hydrogens (tertiary/aromatic N) is 2. The number of carbonyl (C=O) groups is 2. The normalized spacial score (nSPS) is 10.7. The molecule has 12 heteroatoms. The van der Waals surface area contributed by atoms with Gasteiger partial charge in [0.2, 0.25) is 5.91 Å². The number of furan rings is 1. The Hall–Kier alpha value is -4.16. The Labute approximate surface area is 208 Å². The topological polar surface area (TPSA) is 139 Å². The highest BCUT2D eigenvalue weighted by atomic mass is 32.1. The molecule has 2 aromatic carbocycles. The van der Waals surface area contributed by atoms with E-state index in [2.05, 4.69) is 20.9 Å². The van der Waals surface area contributed by atoms with E-state index < -0.39 is 10.8 Å². The maximum Gasteiger partial charge on any atom is 0.293 e. The van der Waals surface area contributed by atoms with E-state index in [0.717, 1.165) is 16.6 Å². The van der Waals surface area contributed by atoms with Crippen molar-refractivity contribution in [2.75, 3.05) is 10.6 Å². The summed E-state index contributed by atoms with van der Waals surface area (Å²) in [5, 5.41) is 20.0. The molecule has 0 aliphatic rings. The van der Waals surface area contributed by atoms with Crippen molar-refractivity contribution in [3.8, 4) is 11.3 Å². The van der Waals surface area contributed by atoms with Gasteiger partial charge in [0, 0.05) is 18.2 Å². The Morgan fingerprint density at radius 3 is 2.71 bits per heavy atom. The average Bonchev–Trinajstić information content (AvgIpc) is 3.46. The third kappa shape index (κ3) is 5.67. The summed E-state index contributed by atoms with van der Waals surface area (Å²) in [4.78, 5) is 39.5. The Kier molecular flexibility index (Phi) is 7.13. The zero-order chi connectivity index (χ0) is 24.9. The summed E-state index contributed by atoms with van der Waals surface area (Å²) in [5.41, 5.74) is 1.48. The first kappa shape index (κ1) is 24.0. The first-order valence-corrected chi connectivity index (χ1v) is 11.7. The Balaban J connectivity index is 1.41. The number of hydrogen-bond donors (Lipinski definition) is 3. The second kappa shape index (κ2) is 10.4. The SMILES string of the molecule is CCCC(=O)Nc1nc2ccc(NC(=S)NC(=O)c3ccc(-c4ccccc4[N+](=O)[O-])o3)cc2s1. The van der Waals surface area contributed by atoms with Gasteiger partial charge in [0.25, 0.3) is 11.6 Å². The Morgan fingerprint density at radius 1 is 1.14 bits per heavy atom. The van der Waals surface area contributed by atoms with Crippen molar-refractivity contribution in [3.63, 3.8) is 0 Å². The third-order valence-corrected chi connectivity index (χ3v) is 5.93. The van der Waals surface area contributed by atoms with Crippen LogP contribution in [-0.4, -0.2) is 26.8 Å². The smallest absolute Gasteiger partial charge is 0.293 e. The van der Waals surface area contributed by atoms with Crippen molar-refractivity contribution in [1.29, 1.82) is 0 Å². The van der Waals surface area contributed by atoms with Crippen LogP contribution in [0.4, 0.5) is 16.5 Å². The monoisotopic (exact) mass is 509 g/mol. The molecule has 2 amide bonds. The molecule has 4 aromatic rings. The van der Waals surface area contributed by atoms with E-state index in [1.807, 2.05) is 6.92 Å². The lowest BCUT2D eigenvalue weighted by atomic mass is 10.1. The maximum absolute atomic E-state index is 12.6. The summed E-state index contributed by atoms with van der Waals surface area (Å²) in [5.74, 6) is -0.546. The first-order valence-electron chi connectivity index (χ1n) is 10.5. The molecule has 10 nitrogen and oxygen atoms in total. The number of fused-ring (bicyclic) bond motifs is 1. The number of nitro benzene ring substituents is 1. The number of thiocarbonyl (C=S) groups is 1. The lowest BCUT2D eigenvalue weighted by Gasteiger charge is -2.08. The van der Waals surface area contributed by atoms with E-state index >= 15 is 0 Å². The molecule has 0 fully saturated rings. The van der Waals surface area contributed by atoms with Gasteiger partial charge in [0.15, 0.2) is 16.0 Å². The number of benzene rings is 2. The maximum atomic E-state index is 12.6. The second-order valence-electron chi connectivity index (χ2n) is 7.35. The molecule has 3 N–H and O–H groups in total. The number of para-hydroxylation sites is 1. The Bertz CT molecular complexity index is 1450. The van der Waals surface area contributed by atoms with Crippen molar-refractivity contribution in [1.82, 2.24) is 10.3 Å². The van der Waals surface area contributed by atoms with Crippen LogP contribution in [0.15, 0.2) is 59.0 Å². The van der Waals surface area contributed by atoms with Gasteiger partial charge in [0.05, 0.1) is 20.7 Å². The van der Waals surface area contributed by atoms with Crippen LogP contribution in [0.3, 0.4) is 0 Å². The van der Waals surface area contributed by atoms with Gasteiger partial charge in [-0.15, -0.1) is 0 Å². The van der Waals surface area contributed by atoms with Gasteiger partial charge in [-0.3, -0.25) is 25.0 Å². The van der Waals surface area contributed by atoms with Crippen LogP contribution >= 0.6 is 23.6 Å². The van der Waals surface area contributed by atoms with Crippen LogP contribution in [0.1, 0.15) is 30.3 Å². The van der Waals surface area contributed by atoms with Crippen molar-refractivity contribution in [2.24, 2.45) is 0 Å². The van der Waals surface area contributed by atoms with Gasteiger partial charge in [0.1, 0.15) is 5.76 Å². The largest absolute Gasteiger partial charge is 0.451 e. The van der Waals surface area contributed by atoms with Gasteiger partial charge in [-0.2, -0.15) is 0 Å². The molecule has 2 aromatic heterocycles. The molecular weight excluding hydrogens is 490 g/mol. The molecule has 0 aliphatic carbocycles. The number of nitrogens with one attached hydrogen (secondary N) is 3. The van der Waals surface area contributed by atoms with Crippen molar-refractivity contribution < 1.29 is 18.9 Å². The van der Waals surface area contributed by atoms with E-state index in [-0.39, 0.29) is 33.8 Å². The molecule has 0 saturated heterocycles. The summed E-state index contributed by atoms with van der Waals surface area (Å²) in [6, 6.07) is 14.3. The number of rotatable bonds is 7. The molecule has 0 unspecified atom stereocenters. The molecular formula is C23H19N5O5S2. The Morgan fingerprint density at radius 2 is 1.94 bits per heavy atom. The minimum absolute atomic E-state index is 0.0407. The van der Waals surface area contributed by atoms with Crippen molar-refractivity contribution in [2.45, 2.75) is 19.8 Å². The number of nitro groups is 1. The fourth-order valence-corrected chi connectivity index (χ4v) is 4.37. The van der Waals surface area contributed by atoms with Gasteiger partial charge in [-0.25, -0.2) is 4.98 Å². The lowest BCUT2D eigenvalue weighted by molar-refractivity contribution is -0.384. The number of hydrogen-bond acceptors (Lipinski definition) is 8. The highest BCUT2D eigenvalue weighted by Crippen LogP contribution is 2.31. The summed E-state index contributed by atoms with van der Waals surface area (Å²) < 4.78 is 6.37. The second-order valence-corrected chi connectivity index (χ2v) is 8.78. The van der Waals surface area contributed by atoms with Crippen LogP contribution in [0, 0.1) is 10.1 Å². The van der Waals surface area contributed by atoms with Crippen molar-refractivity contribution in [3.05, 3.63) is 70.5 Å². The van der Waals surface area contributed by atoms with Crippen LogP contribution in [-0.2, 0) is 4.79 Å². The zero-order valence-electron chi connectivity index (χ0n) is 18.4. The predicted molar refractivity (Wildman–Crippen MR) is 138 cm³/mol. The summed E-state index contributed by atoms with van der Waals surface area (Å²) in [6.45, 7) is 1.93.